The van der Waals surface area contributed by atoms with Gasteiger partial charge in [-0.3, -0.25) is 9.59 Å². The molecule has 3 rings (SSSR count). The molecule has 6 heteroatoms. The minimum Gasteiger partial charge on any atom is -0.372 e. The van der Waals surface area contributed by atoms with E-state index >= 15 is 0 Å². The van der Waals surface area contributed by atoms with Gasteiger partial charge >= 0.3 is 0 Å². The van der Waals surface area contributed by atoms with Crippen LogP contribution in [-0.4, -0.2) is 24.9 Å². The predicted molar refractivity (Wildman–Crippen MR) is 115 cm³/mol. The van der Waals surface area contributed by atoms with E-state index in [1.807, 2.05) is 24.3 Å². The fourth-order valence-electron chi connectivity index (χ4n) is 3.12. The molecule has 28 heavy (non-hydrogen) atoms. The van der Waals surface area contributed by atoms with E-state index in [9.17, 15) is 9.59 Å². The zero-order valence-electron chi connectivity index (χ0n) is 16.3. The van der Waals surface area contributed by atoms with E-state index in [1.54, 1.807) is 38.1 Å². The van der Waals surface area contributed by atoms with E-state index in [1.165, 1.54) is 19.3 Å². The number of hydrogen-bond donors (Lipinski definition) is 2. The molecular formula is C22H26ClN3O2. The molecule has 0 atom stereocenters. The SMILES string of the molecule is CC(C)(C(=O)Nc1ccc(Cl)cc1)C(=O)Nc1ccc(N2CCCCC2)cc1. The van der Waals surface area contributed by atoms with Gasteiger partial charge in [0, 0.05) is 35.2 Å². The van der Waals surface area contributed by atoms with Crippen LogP contribution in [0.15, 0.2) is 48.5 Å². The highest BCUT2D eigenvalue weighted by atomic mass is 35.5. The van der Waals surface area contributed by atoms with Gasteiger partial charge in [-0.15, -0.1) is 0 Å². The summed E-state index contributed by atoms with van der Waals surface area (Å²) in [6.07, 6.45) is 3.72. The number of piperidine rings is 1. The van der Waals surface area contributed by atoms with Crippen molar-refractivity contribution in [2.24, 2.45) is 5.41 Å². The molecule has 1 fully saturated rings. The zero-order chi connectivity index (χ0) is 20.1. The van der Waals surface area contributed by atoms with Gasteiger partial charge in [0.25, 0.3) is 0 Å². The lowest BCUT2D eigenvalue weighted by Crippen LogP contribution is -2.41. The second-order valence-electron chi connectivity index (χ2n) is 7.63. The second-order valence-corrected chi connectivity index (χ2v) is 8.07. The van der Waals surface area contributed by atoms with Gasteiger partial charge in [0.2, 0.25) is 11.8 Å². The minimum absolute atomic E-state index is 0.357. The fraction of sp³-hybridized carbons (Fsp3) is 0.364. The average molecular weight is 400 g/mol. The Labute approximate surface area is 171 Å². The molecule has 148 valence electrons. The molecule has 0 aromatic heterocycles. The van der Waals surface area contributed by atoms with Crippen molar-refractivity contribution < 1.29 is 9.59 Å². The van der Waals surface area contributed by atoms with Gasteiger partial charge in [-0.25, -0.2) is 0 Å². The van der Waals surface area contributed by atoms with Crippen LogP contribution in [0, 0.1) is 5.41 Å². The first kappa shape index (κ1) is 20.2. The Hall–Kier alpha value is -2.53. The summed E-state index contributed by atoms with van der Waals surface area (Å²) in [6.45, 7) is 5.36. The van der Waals surface area contributed by atoms with Crippen molar-refractivity contribution in [3.8, 4) is 0 Å². The minimum atomic E-state index is -1.23. The number of nitrogens with one attached hydrogen (secondary N) is 2. The summed E-state index contributed by atoms with van der Waals surface area (Å²) < 4.78 is 0. The number of hydrogen-bond acceptors (Lipinski definition) is 3. The lowest BCUT2D eigenvalue weighted by atomic mass is 9.90. The smallest absolute Gasteiger partial charge is 0.239 e. The van der Waals surface area contributed by atoms with Crippen LogP contribution < -0.4 is 15.5 Å². The first-order valence-corrected chi connectivity index (χ1v) is 9.97. The van der Waals surface area contributed by atoms with Gasteiger partial charge in [0.05, 0.1) is 0 Å². The maximum atomic E-state index is 12.7. The molecule has 1 heterocycles. The number of benzene rings is 2. The summed E-state index contributed by atoms with van der Waals surface area (Å²) in [5.74, 6) is -0.734. The van der Waals surface area contributed by atoms with Gasteiger partial charge in [0.1, 0.15) is 5.41 Å². The highest BCUT2D eigenvalue weighted by Gasteiger charge is 2.36. The quantitative estimate of drug-likeness (QED) is 0.700. The van der Waals surface area contributed by atoms with Crippen molar-refractivity contribution in [2.75, 3.05) is 28.6 Å². The first-order valence-electron chi connectivity index (χ1n) is 9.60. The molecule has 1 aliphatic heterocycles. The standard InChI is InChI=1S/C22H26ClN3O2/c1-22(2,20(27)24-17-8-6-16(23)7-9-17)21(28)25-18-10-12-19(13-11-18)26-14-4-3-5-15-26/h6-13H,3-5,14-15H2,1-2H3,(H,24,27)(H,25,28). The third kappa shape index (κ3) is 4.84. The van der Waals surface area contributed by atoms with E-state index in [4.69, 9.17) is 11.6 Å². The normalized spacial score (nSPS) is 14.5. The molecule has 2 N–H and O–H groups in total. The van der Waals surface area contributed by atoms with Gasteiger partial charge < -0.3 is 15.5 Å². The van der Waals surface area contributed by atoms with E-state index in [0.29, 0.717) is 16.4 Å². The van der Waals surface area contributed by atoms with Crippen LogP contribution in [-0.2, 0) is 9.59 Å². The van der Waals surface area contributed by atoms with Gasteiger partial charge in [0.15, 0.2) is 0 Å². The Balaban J connectivity index is 1.61. The maximum absolute atomic E-state index is 12.7. The van der Waals surface area contributed by atoms with Crippen molar-refractivity contribution in [2.45, 2.75) is 33.1 Å². The lowest BCUT2D eigenvalue weighted by Gasteiger charge is -2.29. The van der Waals surface area contributed by atoms with Crippen LogP contribution in [0.2, 0.25) is 5.02 Å². The van der Waals surface area contributed by atoms with Crippen LogP contribution >= 0.6 is 11.6 Å². The Kier molecular flexibility index (Phi) is 6.25. The number of nitrogens with zero attached hydrogens (tertiary/aromatic N) is 1. The summed E-state index contributed by atoms with van der Waals surface area (Å²) in [4.78, 5) is 27.7. The average Bonchev–Trinajstić information content (AvgIpc) is 2.71. The predicted octanol–water partition coefficient (Wildman–Crippen LogP) is 4.93. The van der Waals surface area contributed by atoms with E-state index in [2.05, 4.69) is 15.5 Å². The van der Waals surface area contributed by atoms with Crippen LogP contribution in [0.3, 0.4) is 0 Å². The second kappa shape index (κ2) is 8.65. The monoisotopic (exact) mass is 399 g/mol. The summed E-state index contributed by atoms with van der Waals surface area (Å²) >= 11 is 5.86. The van der Waals surface area contributed by atoms with Crippen molar-refractivity contribution in [1.29, 1.82) is 0 Å². The molecule has 0 radical (unpaired) electrons. The Morgan fingerprint density at radius 2 is 1.29 bits per heavy atom. The van der Waals surface area contributed by atoms with Gasteiger partial charge in [-0.05, 0) is 81.6 Å². The Morgan fingerprint density at radius 3 is 1.79 bits per heavy atom. The van der Waals surface area contributed by atoms with E-state index in [-0.39, 0.29) is 11.8 Å². The molecule has 0 unspecified atom stereocenters. The molecule has 2 amide bonds. The number of halogens is 1. The van der Waals surface area contributed by atoms with Crippen LogP contribution in [0.1, 0.15) is 33.1 Å². The summed E-state index contributed by atoms with van der Waals surface area (Å²) in [6, 6.07) is 14.6. The molecule has 5 nitrogen and oxygen atoms in total. The van der Waals surface area contributed by atoms with E-state index in [0.717, 1.165) is 18.8 Å². The van der Waals surface area contributed by atoms with Crippen LogP contribution in [0.4, 0.5) is 17.1 Å². The molecular weight excluding hydrogens is 374 g/mol. The highest BCUT2D eigenvalue weighted by Crippen LogP contribution is 2.25. The molecule has 1 aliphatic rings. The van der Waals surface area contributed by atoms with Crippen molar-refractivity contribution in [3.05, 3.63) is 53.6 Å². The summed E-state index contributed by atoms with van der Waals surface area (Å²) in [5, 5.41) is 6.20. The third-order valence-electron chi connectivity index (χ3n) is 5.08. The topological polar surface area (TPSA) is 61.4 Å². The number of carbonyl (C=O) groups is 2. The molecule has 2 aromatic rings. The number of amides is 2. The van der Waals surface area contributed by atoms with Crippen LogP contribution in [0.25, 0.3) is 0 Å². The summed E-state index contributed by atoms with van der Waals surface area (Å²) in [5.41, 5.74) is 1.21. The van der Waals surface area contributed by atoms with Crippen molar-refractivity contribution in [1.82, 2.24) is 0 Å². The largest absolute Gasteiger partial charge is 0.372 e. The Morgan fingerprint density at radius 1 is 0.821 bits per heavy atom. The lowest BCUT2D eigenvalue weighted by molar-refractivity contribution is -0.135. The molecule has 0 aliphatic carbocycles. The highest BCUT2D eigenvalue weighted by molar-refractivity contribution is 6.30. The summed E-state index contributed by atoms with van der Waals surface area (Å²) in [7, 11) is 0. The van der Waals surface area contributed by atoms with E-state index < -0.39 is 5.41 Å². The molecule has 1 saturated heterocycles. The van der Waals surface area contributed by atoms with Gasteiger partial charge in [-0.2, -0.15) is 0 Å². The third-order valence-corrected chi connectivity index (χ3v) is 5.34. The maximum Gasteiger partial charge on any atom is 0.239 e. The number of rotatable bonds is 5. The fourth-order valence-corrected chi connectivity index (χ4v) is 3.24. The molecule has 0 saturated carbocycles. The molecule has 0 bridgehead atoms. The van der Waals surface area contributed by atoms with Crippen molar-refractivity contribution in [3.63, 3.8) is 0 Å². The zero-order valence-corrected chi connectivity index (χ0v) is 17.1. The molecule has 2 aromatic carbocycles. The Bertz CT molecular complexity index is 826. The van der Waals surface area contributed by atoms with Crippen LogP contribution in [0.5, 0.6) is 0 Å². The first-order chi connectivity index (χ1) is 13.4. The number of anilines is 3. The van der Waals surface area contributed by atoms with Gasteiger partial charge in [-0.1, -0.05) is 11.6 Å². The van der Waals surface area contributed by atoms with Crippen molar-refractivity contribution >= 4 is 40.5 Å². The molecule has 0 spiro atoms. The number of carbonyl (C=O) groups excluding carboxylic acids is 2.